The minimum absolute atomic E-state index is 0.00918. The van der Waals surface area contributed by atoms with Crippen molar-refractivity contribution in [3.8, 4) is 5.75 Å². The van der Waals surface area contributed by atoms with E-state index in [1.165, 1.54) is 43.1 Å². The molecule has 11 heteroatoms. The molecule has 0 heterocycles. The molecule has 2 rings (SSSR count). The van der Waals surface area contributed by atoms with Crippen LogP contribution in [-0.4, -0.2) is 33.2 Å². The quantitative estimate of drug-likeness (QED) is 0.200. The zero-order valence-electron chi connectivity index (χ0n) is 14.6. The van der Waals surface area contributed by atoms with Crippen LogP contribution >= 0.6 is 7.60 Å². The summed E-state index contributed by atoms with van der Waals surface area (Å²) in [7, 11) is -7.50. The van der Waals surface area contributed by atoms with Crippen LogP contribution in [-0.2, 0) is 23.4 Å². The number of nitro benzene ring substituents is 1. The fourth-order valence-corrected chi connectivity index (χ4v) is 3.82. The minimum Gasteiger partial charge on any atom is -0.425 e. The molecule has 0 N–H and O–H groups in total. The summed E-state index contributed by atoms with van der Waals surface area (Å²) >= 11 is 0. The Morgan fingerprint density at radius 1 is 1.04 bits per heavy atom. The first-order valence-corrected chi connectivity index (χ1v) is 11.1. The Morgan fingerprint density at radius 2 is 1.63 bits per heavy atom. The van der Waals surface area contributed by atoms with E-state index in [1.54, 1.807) is 12.1 Å². The van der Waals surface area contributed by atoms with Crippen LogP contribution < -0.4 is 4.52 Å². The number of non-ortho nitro benzene ring substituents is 1. The van der Waals surface area contributed by atoms with Gasteiger partial charge in [-0.05, 0) is 31.2 Å². The molecule has 0 amide bonds. The smallest absolute Gasteiger partial charge is 0.376 e. The minimum atomic E-state index is -3.94. The summed E-state index contributed by atoms with van der Waals surface area (Å²) in [6.07, 6.45) is 0. The first kappa shape index (κ1) is 21.0. The molecule has 2 aromatic carbocycles. The van der Waals surface area contributed by atoms with Crippen molar-refractivity contribution in [1.29, 1.82) is 0 Å². The van der Waals surface area contributed by atoms with E-state index in [2.05, 4.69) is 0 Å². The second-order valence-electron chi connectivity index (χ2n) is 5.54. The summed E-state index contributed by atoms with van der Waals surface area (Å²) in [5.41, 5.74) is 0.775. The molecular weight excluding hydrogens is 397 g/mol. The van der Waals surface area contributed by atoms with E-state index < -0.39 is 22.6 Å². The van der Waals surface area contributed by atoms with Gasteiger partial charge in [0.25, 0.3) is 15.8 Å². The van der Waals surface area contributed by atoms with Crippen molar-refractivity contribution >= 4 is 23.4 Å². The van der Waals surface area contributed by atoms with Gasteiger partial charge < -0.3 is 4.52 Å². The molecule has 9 nitrogen and oxygen atoms in total. The molecule has 27 heavy (non-hydrogen) atoms. The van der Waals surface area contributed by atoms with Crippen LogP contribution in [0.15, 0.2) is 53.4 Å². The van der Waals surface area contributed by atoms with Crippen LogP contribution in [0, 0.1) is 17.0 Å². The predicted molar refractivity (Wildman–Crippen MR) is 97.5 cm³/mol. The molecule has 0 aliphatic carbocycles. The number of hydrogen-bond acceptors (Lipinski definition) is 8. The highest BCUT2D eigenvalue weighted by Gasteiger charge is 2.21. The lowest BCUT2D eigenvalue weighted by Crippen LogP contribution is -2.11. The fourth-order valence-electron chi connectivity index (χ4n) is 1.97. The van der Waals surface area contributed by atoms with Gasteiger partial charge >= 0.3 is 7.60 Å². The highest BCUT2D eigenvalue weighted by atomic mass is 32.2. The van der Waals surface area contributed by atoms with Crippen molar-refractivity contribution in [2.75, 3.05) is 19.9 Å². The standard InChI is InChI=1S/C16H18NO8PS/c1-13-3-9-16(10-4-13)27(21,22)24-12-11-23-26(2,20)25-15-7-5-14(6-8-15)17(18)19/h3-10H,11-12H2,1-2H3. The van der Waals surface area contributed by atoms with Crippen molar-refractivity contribution in [2.45, 2.75) is 11.8 Å². The third-order valence-electron chi connectivity index (χ3n) is 3.28. The van der Waals surface area contributed by atoms with Crippen molar-refractivity contribution in [3.63, 3.8) is 0 Å². The van der Waals surface area contributed by atoms with Gasteiger partial charge in [0.05, 0.1) is 23.0 Å². The number of hydrogen-bond donors (Lipinski definition) is 0. The molecule has 1 unspecified atom stereocenters. The lowest BCUT2D eigenvalue weighted by molar-refractivity contribution is -0.384. The third kappa shape index (κ3) is 6.44. The third-order valence-corrected chi connectivity index (χ3v) is 5.80. The van der Waals surface area contributed by atoms with E-state index in [-0.39, 0.29) is 29.5 Å². The molecule has 0 fully saturated rings. The predicted octanol–water partition coefficient (Wildman–Crippen LogP) is 3.53. The SMILES string of the molecule is Cc1ccc(S(=O)(=O)OCCOP(C)(=O)Oc2ccc([N+](=O)[O-])cc2)cc1. The second kappa shape index (κ2) is 8.62. The Kier molecular flexibility index (Phi) is 6.72. The highest BCUT2D eigenvalue weighted by Crippen LogP contribution is 2.44. The van der Waals surface area contributed by atoms with Gasteiger partial charge in [-0.25, -0.2) is 4.57 Å². The summed E-state index contributed by atoms with van der Waals surface area (Å²) in [6, 6.07) is 11.1. The van der Waals surface area contributed by atoms with Crippen LogP contribution in [0.5, 0.6) is 5.75 Å². The van der Waals surface area contributed by atoms with Crippen LogP contribution in [0.2, 0.25) is 0 Å². The maximum Gasteiger partial charge on any atom is 0.376 e. The zero-order valence-corrected chi connectivity index (χ0v) is 16.3. The van der Waals surface area contributed by atoms with Gasteiger partial charge in [0.15, 0.2) is 0 Å². The van der Waals surface area contributed by atoms with Crippen LogP contribution in [0.3, 0.4) is 0 Å². The Balaban J connectivity index is 1.85. The van der Waals surface area contributed by atoms with Crippen LogP contribution in [0.1, 0.15) is 5.56 Å². The summed E-state index contributed by atoms with van der Waals surface area (Å²) < 4.78 is 51.4. The van der Waals surface area contributed by atoms with Gasteiger partial charge in [-0.3, -0.25) is 18.8 Å². The van der Waals surface area contributed by atoms with Crippen LogP contribution in [0.25, 0.3) is 0 Å². The summed E-state index contributed by atoms with van der Waals surface area (Å²) in [6.45, 7) is 2.39. The van der Waals surface area contributed by atoms with E-state index in [4.69, 9.17) is 13.2 Å². The van der Waals surface area contributed by atoms with Crippen LogP contribution in [0.4, 0.5) is 5.69 Å². The molecule has 146 valence electrons. The molecule has 0 aliphatic rings. The molecule has 0 bridgehead atoms. The summed E-state index contributed by atoms with van der Waals surface area (Å²) in [5.74, 6) is 0.125. The number of aryl methyl sites for hydroxylation is 1. The molecule has 1 atom stereocenters. The van der Waals surface area contributed by atoms with Gasteiger partial charge in [0, 0.05) is 18.8 Å². The van der Waals surface area contributed by atoms with Gasteiger partial charge in [-0.2, -0.15) is 8.42 Å². The first-order valence-electron chi connectivity index (χ1n) is 7.71. The lowest BCUT2D eigenvalue weighted by Gasteiger charge is -2.15. The fraction of sp³-hybridized carbons (Fsp3) is 0.250. The first-order chi connectivity index (χ1) is 12.6. The molecule has 0 radical (unpaired) electrons. The molecule has 0 saturated heterocycles. The van der Waals surface area contributed by atoms with Crippen molar-refractivity contribution in [1.82, 2.24) is 0 Å². The maximum atomic E-state index is 12.3. The molecular formula is C16H18NO8PS. The average molecular weight is 415 g/mol. The second-order valence-corrected chi connectivity index (χ2v) is 9.13. The zero-order chi connectivity index (χ0) is 20.1. The molecule has 0 aliphatic heterocycles. The molecule has 0 saturated carbocycles. The molecule has 0 aromatic heterocycles. The van der Waals surface area contributed by atoms with E-state index in [0.717, 1.165) is 5.56 Å². The number of rotatable bonds is 9. The van der Waals surface area contributed by atoms with Gasteiger partial charge in [-0.1, -0.05) is 17.7 Å². The van der Waals surface area contributed by atoms with Gasteiger partial charge in [-0.15, -0.1) is 0 Å². The lowest BCUT2D eigenvalue weighted by atomic mass is 10.2. The van der Waals surface area contributed by atoms with Crippen molar-refractivity contribution in [2.24, 2.45) is 0 Å². The van der Waals surface area contributed by atoms with E-state index in [9.17, 15) is 23.1 Å². The maximum absolute atomic E-state index is 12.3. The van der Waals surface area contributed by atoms with E-state index >= 15 is 0 Å². The monoisotopic (exact) mass is 415 g/mol. The molecule has 0 spiro atoms. The normalized spacial score (nSPS) is 13.7. The number of nitrogens with zero attached hydrogens (tertiary/aromatic N) is 1. The molecule has 2 aromatic rings. The summed E-state index contributed by atoms with van der Waals surface area (Å²) in [5, 5.41) is 10.6. The largest absolute Gasteiger partial charge is 0.425 e. The van der Waals surface area contributed by atoms with E-state index in [1.807, 2.05) is 6.92 Å². The Morgan fingerprint density at radius 3 is 2.19 bits per heavy atom. The van der Waals surface area contributed by atoms with Crippen molar-refractivity contribution in [3.05, 3.63) is 64.2 Å². The van der Waals surface area contributed by atoms with Gasteiger partial charge in [0.1, 0.15) is 5.75 Å². The van der Waals surface area contributed by atoms with Gasteiger partial charge in [0.2, 0.25) is 0 Å². The Labute approximate surface area is 156 Å². The highest BCUT2D eigenvalue weighted by molar-refractivity contribution is 7.86. The number of benzene rings is 2. The Bertz CT molecular complexity index is 941. The number of nitro groups is 1. The average Bonchev–Trinajstić information content (AvgIpc) is 2.59. The topological polar surface area (TPSA) is 122 Å². The van der Waals surface area contributed by atoms with Crippen molar-refractivity contribution < 1.29 is 31.1 Å². The Hall–Kier alpha value is -2.26. The summed E-state index contributed by atoms with van der Waals surface area (Å²) in [4.78, 5) is 10.0. The van der Waals surface area contributed by atoms with E-state index in [0.29, 0.717) is 0 Å².